The van der Waals surface area contributed by atoms with Crippen molar-refractivity contribution in [1.82, 2.24) is 15.0 Å². The number of aliphatic hydroxyl groups excluding tert-OH is 1. The third-order valence-corrected chi connectivity index (χ3v) is 3.26. The standard InChI is InChI=1S/C15H16N4O2/c1-18(2)11-5-7-12(8-6-11)19-15(13(10-20)16-17-19)14-4-3-9-21-14/h3-9,20H,10H2,1-2H3. The fourth-order valence-corrected chi connectivity index (χ4v) is 2.15. The van der Waals surface area contributed by atoms with Gasteiger partial charge in [0.15, 0.2) is 5.76 Å². The third kappa shape index (κ3) is 2.41. The van der Waals surface area contributed by atoms with E-state index in [-0.39, 0.29) is 6.61 Å². The lowest BCUT2D eigenvalue weighted by Gasteiger charge is -2.13. The van der Waals surface area contributed by atoms with Crippen LogP contribution in [0.1, 0.15) is 5.69 Å². The van der Waals surface area contributed by atoms with Gasteiger partial charge in [0, 0.05) is 19.8 Å². The van der Waals surface area contributed by atoms with Crippen molar-refractivity contribution < 1.29 is 9.52 Å². The third-order valence-electron chi connectivity index (χ3n) is 3.26. The number of aliphatic hydroxyl groups is 1. The Balaban J connectivity index is 2.08. The number of hydrogen-bond donors (Lipinski definition) is 1. The fourth-order valence-electron chi connectivity index (χ4n) is 2.15. The second-order valence-electron chi connectivity index (χ2n) is 4.84. The van der Waals surface area contributed by atoms with Crippen molar-refractivity contribution in [1.29, 1.82) is 0 Å². The minimum Gasteiger partial charge on any atom is -0.463 e. The molecule has 1 N–H and O–H groups in total. The predicted octanol–water partition coefficient (Wildman–Crippen LogP) is 2.09. The van der Waals surface area contributed by atoms with Gasteiger partial charge in [-0.1, -0.05) is 5.21 Å². The van der Waals surface area contributed by atoms with Crippen LogP contribution in [0.3, 0.4) is 0 Å². The van der Waals surface area contributed by atoms with Crippen molar-refractivity contribution in [2.75, 3.05) is 19.0 Å². The molecule has 108 valence electrons. The Kier molecular flexibility index (Phi) is 3.45. The molecule has 0 aliphatic carbocycles. The number of anilines is 1. The van der Waals surface area contributed by atoms with E-state index < -0.39 is 0 Å². The molecule has 0 spiro atoms. The van der Waals surface area contributed by atoms with E-state index in [2.05, 4.69) is 10.3 Å². The molecule has 0 saturated heterocycles. The molecule has 2 aromatic heterocycles. The molecule has 2 heterocycles. The van der Waals surface area contributed by atoms with Gasteiger partial charge in [0.2, 0.25) is 0 Å². The van der Waals surface area contributed by atoms with Crippen molar-refractivity contribution >= 4 is 5.69 Å². The van der Waals surface area contributed by atoms with Crippen LogP contribution in [0, 0.1) is 0 Å². The predicted molar refractivity (Wildman–Crippen MR) is 79.3 cm³/mol. The SMILES string of the molecule is CN(C)c1ccc(-n2nnc(CO)c2-c2ccco2)cc1. The van der Waals surface area contributed by atoms with E-state index in [0.717, 1.165) is 11.4 Å². The van der Waals surface area contributed by atoms with Gasteiger partial charge in [0.1, 0.15) is 11.4 Å². The fraction of sp³-hybridized carbons (Fsp3) is 0.200. The van der Waals surface area contributed by atoms with E-state index in [4.69, 9.17) is 4.42 Å². The first kappa shape index (κ1) is 13.4. The van der Waals surface area contributed by atoms with Gasteiger partial charge in [0.05, 0.1) is 18.6 Å². The molecule has 6 heteroatoms. The lowest BCUT2D eigenvalue weighted by Crippen LogP contribution is -2.08. The van der Waals surface area contributed by atoms with Gasteiger partial charge in [-0.3, -0.25) is 0 Å². The number of aromatic nitrogens is 3. The van der Waals surface area contributed by atoms with Crippen LogP contribution in [-0.2, 0) is 6.61 Å². The van der Waals surface area contributed by atoms with E-state index >= 15 is 0 Å². The average molecular weight is 284 g/mol. The summed E-state index contributed by atoms with van der Waals surface area (Å²) in [6, 6.07) is 11.5. The van der Waals surface area contributed by atoms with Crippen LogP contribution in [0.4, 0.5) is 5.69 Å². The van der Waals surface area contributed by atoms with Crippen LogP contribution < -0.4 is 4.90 Å². The minimum absolute atomic E-state index is 0.189. The summed E-state index contributed by atoms with van der Waals surface area (Å²) < 4.78 is 7.09. The molecule has 0 amide bonds. The highest BCUT2D eigenvalue weighted by Gasteiger charge is 2.17. The smallest absolute Gasteiger partial charge is 0.154 e. The Morgan fingerprint density at radius 2 is 1.95 bits per heavy atom. The van der Waals surface area contributed by atoms with Crippen molar-refractivity contribution in [3.63, 3.8) is 0 Å². The molecule has 3 aromatic rings. The number of benzene rings is 1. The van der Waals surface area contributed by atoms with E-state index in [1.807, 2.05) is 49.3 Å². The highest BCUT2D eigenvalue weighted by atomic mass is 16.3. The molecule has 1 aromatic carbocycles. The summed E-state index contributed by atoms with van der Waals surface area (Å²) in [5.74, 6) is 0.626. The van der Waals surface area contributed by atoms with Crippen LogP contribution in [-0.4, -0.2) is 34.2 Å². The van der Waals surface area contributed by atoms with E-state index in [0.29, 0.717) is 17.1 Å². The van der Waals surface area contributed by atoms with Gasteiger partial charge in [-0.15, -0.1) is 5.10 Å². The van der Waals surface area contributed by atoms with Crippen LogP contribution in [0.15, 0.2) is 47.1 Å². The average Bonchev–Trinajstić information content (AvgIpc) is 3.15. The number of furan rings is 1. The van der Waals surface area contributed by atoms with Crippen LogP contribution in [0.25, 0.3) is 17.1 Å². The van der Waals surface area contributed by atoms with E-state index in [9.17, 15) is 5.11 Å². The summed E-state index contributed by atoms with van der Waals surface area (Å²) in [5.41, 5.74) is 3.11. The van der Waals surface area contributed by atoms with Gasteiger partial charge in [-0.05, 0) is 36.4 Å². The first-order valence-electron chi connectivity index (χ1n) is 6.58. The van der Waals surface area contributed by atoms with Crippen molar-refractivity contribution in [2.45, 2.75) is 6.61 Å². The molecule has 21 heavy (non-hydrogen) atoms. The monoisotopic (exact) mass is 284 g/mol. The van der Waals surface area contributed by atoms with Gasteiger partial charge >= 0.3 is 0 Å². The van der Waals surface area contributed by atoms with Gasteiger partial charge in [-0.25, -0.2) is 4.68 Å². The number of hydrogen-bond acceptors (Lipinski definition) is 5. The van der Waals surface area contributed by atoms with Gasteiger partial charge in [-0.2, -0.15) is 0 Å². The van der Waals surface area contributed by atoms with Crippen LogP contribution >= 0.6 is 0 Å². The summed E-state index contributed by atoms with van der Waals surface area (Å²) in [7, 11) is 3.98. The summed E-state index contributed by atoms with van der Waals surface area (Å²) in [4.78, 5) is 2.03. The minimum atomic E-state index is -0.189. The Morgan fingerprint density at radius 3 is 2.52 bits per heavy atom. The van der Waals surface area contributed by atoms with Crippen molar-refractivity contribution in [3.8, 4) is 17.1 Å². The molecular weight excluding hydrogens is 268 g/mol. The summed E-state index contributed by atoms with van der Waals surface area (Å²) in [5, 5.41) is 17.6. The lowest BCUT2D eigenvalue weighted by atomic mass is 10.2. The summed E-state index contributed by atoms with van der Waals surface area (Å²) in [6.07, 6.45) is 1.59. The van der Waals surface area contributed by atoms with Crippen LogP contribution in [0.5, 0.6) is 0 Å². The quantitative estimate of drug-likeness (QED) is 0.794. The van der Waals surface area contributed by atoms with E-state index in [1.165, 1.54) is 0 Å². The molecule has 3 rings (SSSR count). The normalized spacial score (nSPS) is 10.8. The molecule has 0 saturated carbocycles. The maximum absolute atomic E-state index is 9.43. The largest absolute Gasteiger partial charge is 0.463 e. The highest BCUT2D eigenvalue weighted by Crippen LogP contribution is 2.26. The molecular formula is C15H16N4O2. The van der Waals surface area contributed by atoms with E-state index in [1.54, 1.807) is 17.0 Å². The van der Waals surface area contributed by atoms with Gasteiger partial charge < -0.3 is 14.4 Å². The zero-order chi connectivity index (χ0) is 14.8. The molecule has 6 nitrogen and oxygen atoms in total. The Labute approximate surface area is 122 Å². The number of nitrogens with zero attached hydrogens (tertiary/aromatic N) is 4. The molecule has 0 aliphatic heterocycles. The summed E-state index contributed by atoms with van der Waals surface area (Å²) >= 11 is 0. The highest BCUT2D eigenvalue weighted by molar-refractivity contribution is 5.59. The van der Waals surface area contributed by atoms with Gasteiger partial charge in [0.25, 0.3) is 0 Å². The molecule has 0 aliphatic rings. The second-order valence-corrected chi connectivity index (χ2v) is 4.84. The lowest BCUT2D eigenvalue weighted by molar-refractivity contribution is 0.277. The first-order valence-corrected chi connectivity index (χ1v) is 6.58. The topological polar surface area (TPSA) is 67.3 Å². The summed E-state index contributed by atoms with van der Waals surface area (Å²) in [6.45, 7) is -0.189. The first-order chi connectivity index (χ1) is 10.2. The number of rotatable bonds is 4. The Bertz CT molecular complexity index is 715. The second kappa shape index (κ2) is 5.41. The molecule has 0 radical (unpaired) electrons. The maximum Gasteiger partial charge on any atom is 0.154 e. The molecule has 0 unspecified atom stereocenters. The zero-order valence-electron chi connectivity index (χ0n) is 11.9. The van der Waals surface area contributed by atoms with Crippen LogP contribution in [0.2, 0.25) is 0 Å². The van der Waals surface area contributed by atoms with Crippen molar-refractivity contribution in [2.24, 2.45) is 0 Å². The molecule has 0 fully saturated rings. The van der Waals surface area contributed by atoms with Crippen molar-refractivity contribution in [3.05, 3.63) is 48.4 Å². The Hall–Kier alpha value is -2.60. The Morgan fingerprint density at radius 1 is 1.19 bits per heavy atom. The molecule has 0 atom stereocenters. The molecule has 0 bridgehead atoms. The zero-order valence-corrected chi connectivity index (χ0v) is 11.9. The maximum atomic E-state index is 9.43.